The molecule has 1 fully saturated rings. The molecule has 1 N–H and O–H groups in total. The fourth-order valence-corrected chi connectivity index (χ4v) is 6.62. The third-order valence-electron chi connectivity index (χ3n) is 6.98. The topological polar surface area (TPSA) is 49.4 Å². The van der Waals surface area contributed by atoms with Gasteiger partial charge in [0.1, 0.15) is 0 Å². The van der Waals surface area contributed by atoms with Gasteiger partial charge in [0.15, 0.2) is 0 Å². The number of rotatable bonds is 6. The van der Waals surface area contributed by atoms with E-state index in [1.807, 2.05) is 25.2 Å². The number of benzene rings is 4. The van der Waals surface area contributed by atoms with E-state index in [1.165, 1.54) is 11.1 Å². The van der Waals surface area contributed by atoms with Crippen LogP contribution in [0.1, 0.15) is 29.4 Å². The fourth-order valence-electron chi connectivity index (χ4n) is 5.12. The Morgan fingerprint density at radius 3 is 2.06 bits per heavy atom. The lowest BCUT2D eigenvalue weighted by Crippen LogP contribution is -2.42. The highest BCUT2D eigenvalue weighted by Crippen LogP contribution is 2.42. The maximum absolute atomic E-state index is 13.5. The van der Waals surface area contributed by atoms with E-state index in [1.54, 1.807) is 28.6 Å². The molecule has 4 aromatic rings. The van der Waals surface area contributed by atoms with Crippen molar-refractivity contribution in [2.45, 2.75) is 23.2 Å². The summed E-state index contributed by atoms with van der Waals surface area (Å²) < 4.78 is 28.6. The van der Waals surface area contributed by atoms with E-state index in [2.05, 4.69) is 72.0 Å². The molecule has 178 valence electrons. The minimum atomic E-state index is -3.55. The number of sulfonamides is 1. The zero-order chi connectivity index (χ0) is 24.3. The molecule has 0 aliphatic carbocycles. The molecule has 0 aromatic heterocycles. The lowest BCUT2D eigenvalue weighted by atomic mass is 9.77. The molecule has 5 heteroatoms. The zero-order valence-electron chi connectivity index (χ0n) is 19.8. The minimum absolute atomic E-state index is 0.0528. The van der Waals surface area contributed by atoms with Crippen molar-refractivity contribution in [3.05, 3.63) is 120 Å². The number of piperidine rings is 1. The van der Waals surface area contributed by atoms with Gasteiger partial charge >= 0.3 is 0 Å². The summed E-state index contributed by atoms with van der Waals surface area (Å²) in [7, 11) is -1.63. The summed E-state index contributed by atoms with van der Waals surface area (Å²) in [5.41, 5.74) is 5.76. The predicted octanol–water partition coefficient (Wildman–Crippen LogP) is 6.36. The molecule has 4 nitrogen and oxygen atoms in total. The van der Waals surface area contributed by atoms with Gasteiger partial charge in [-0.15, -0.1) is 0 Å². The number of anilines is 1. The Balaban J connectivity index is 1.53. The van der Waals surface area contributed by atoms with Crippen LogP contribution in [0.15, 0.2) is 114 Å². The predicted molar refractivity (Wildman–Crippen MR) is 143 cm³/mol. The summed E-state index contributed by atoms with van der Waals surface area (Å²) in [6, 6.07) is 36.2. The lowest BCUT2D eigenvalue weighted by Gasteiger charge is -2.38. The maximum Gasteiger partial charge on any atom is 0.243 e. The van der Waals surface area contributed by atoms with Crippen LogP contribution in [-0.2, 0) is 10.0 Å². The van der Waals surface area contributed by atoms with Crippen molar-refractivity contribution in [3.8, 4) is 11.1 Å². The van der Waals surface area contributed by atoms with Gasteiger partial charge in [0.2, 0.25) is 10.0 Å². The molecule has 1 heterocycles. The molecule has 2 unspecified atom stereocenters. The molecule has 35 heavy (non-hydrogen) atoms. The molecule has 1 aliphatic heterocycles. The SMILES string of the molecule is CNc1cccc(-c2cccc(C3CN(S(=O)(=O)c4ccccc4)CCC3c3ccccc3)c2)c1. The van der Waals surface area contributed by atoms with E-state index in [-0.39, 0.29) is 11.8 Å². The third kappa shape index (κ3) is 4.88. The molecular weight excluding hydrogens is 452 g/mol. The average molecular weight is 483 g/mol. The summed E-state index contributed by atoms with van der Waals surface area (Å²) in [6.07, 6.45) is 0.778. The van der Waals surface area contributed by atoms with Crippen molar-refractivity contribution in [1.82, 2.24) is 4.31 Å². The summed E-state index contributed by atoms with van der Waals surface area (Å²) >= 11 is 0. The fraction of sp³-hybridized carbons (Fsp3) is 0.200. The number of nitrogens with one attached hydrogen (secondary N) is 1. The van der Waals surface area contributed by atoms with Gasteiger partial charge in [-0.05, 0) is 58.9 Å². The molecule has 0 spiro atoms. The third-order valence-corrected chi connectivity index (χ3v) is 8.86. The Bertz CT molecular complexity index is 1390. The second kappa shape index (κ2) is 10.1. The first-order valence-corrected chi connectivity index (χ1v) is 13.5. The molecule has 0 bridgehead atoms. The molecule has 0 amide bonds. The first kappa shape index (κ1) is 23.3. The summed E-state index contributed by atoms with van der Waals surface area (Å²) in [6.45, 7) is 0.966. The summed E-state index contributed by atoms with van der Waals surface area (Å²) in [5.74, 6) is 0.300. The van der Waals surface area contributed by atoms with Crippen molar-refractivity contribution < 1.29 is 8.42 Å². The van der Waals surface area contributed by atoms with E-state index in [0.717, 1.165) is 23.2 Å². The smallest absolute Gasteiger partial charge is 0.243 e. The largest absolute Gasteiger partial charge is 0.388 e. The highest BCUT2D eigenvalue weighted by molar-refractivity contribution is 7.89. The Kier molecular flexibility index (Phi) is 6.71. The van der Waals surface area contributed by atoms with E-state index in [4.69, 9.17) is 0 Å². The molecule has 0 saturated carbocycles. The molecule has 2 atom stereocenters. The van der Waals surface area contributed by atoms with Crippen molar-refractivity contribution in [1.29, 1.82) is 0 Å². The van der Waals surface area contributed by atoms with E-state index in [0.29, 0.717) is 18.0 Å². The van der Waals surface area contributed by atoms with Crippen LogP contribution in [0, 0.1) is 0 Å². The molecule has 5 rings (SSSR count). The second-order valence-electron chi connectivity index (χ2n) is 9.04. The van der Waals surface area contributed by atoms with Crippen LogP contribution in [-0.4, -0.2) is 32.9 Å². The first-order chi connectivity index (χ1) is 17.1. The van der Waals surface area contributed by atoms with Gasteiger partial charge in [-0.1, -0.05) is 84.9 Å². The van der Waals surface area contributed by atoms with Crippen molar-refractivity contribution in [2.24, 2.45) is 0 Å². The van der Waals surface area contributed by atoms with Gasteiger partial charge in [-0.25, -0.2) is 8.42 Å². The minimum Gasteiger partial charge on any atom is -0.388 e. The van der Waals surface area contributed by atoms with Gasteiger partial charge in [-0.2, -0.15) is 4.31 Å². The highest BCUT2D eigenvalue weighted by Gasteiger charge is 2.37. The van der Waals surface area contributed by atoms with Gasteiger partial charge in [-0.3, -0.25) is 0 Å². The monoisotopic (exact) mass is 482 g/mol. The highest BCUT2D eigenvalue weighted by atomic mass is 32.2. The Morgan fingerprint density at radius 2 is 1.34 bits per heavy atom. The quantitative estimate of drug-likeness (QED) is 0.348. The zero-order valence-corrected chi connectivity index (χ0v) is 20.7. The summed E-state index contributed by atoms with van der Waals surface area (Å²) in [5, 5.41) is 3.21. The Morgan fingerprint density at radius 1 is 0.714 bits per heavy atom. The molecule has 1 aliphatic rings. The second-order valence-corrected chi connectivity index (χ2v) is 11.0. The van der Waals surface area contributed by atoms with E-state index >= 15 is 0 Å². The lowest BCUT2D eigenvalue weighted by molar-refractivity contribution is 0.285. The van der Waals surface area contributed by atoms with Gasteiger partial charge < -0.3 is 5.32 Å². The van der Waals surface area contributed by atoms with E-state index in [9.17, 15) is 8.42 Å². The van der Waals surface area contributed by atoms with Crippen LogP contribution in [0.3, 0.4) is 0 Å². The standard InChI is InChI=1S/C30H30N2O2S/c1-31-27-15-9-13-25(21-27)24-12-8-14-26(20-24)30-22-32(35(33,34)28-16-6-3-7-17-28)19-18-29(30)23-10-4-2-5-11-23/h2-17,20-21,29-31H,18-19,22H2,1H3. The van der Waals surface area contributed by atoms with Crippen LogP contribution in [0.4, 0.5) is 5.69 Å². The first-order valence-electron chi connectivity index (χ1n) is 12.0. The van der Waals surface area contributed by atoms with Crippen molar-refractivity contribution >= 4 is 15.7 Å². The summed E-state index contributed by atoms with van der Waals surface area (Å²) in [4.78, 5) is 0.356. The molecule has 1 saturated heterocycles. The van der Waals surface area contributed by atoms with Crippen LogP contribution < -0.4 is 5.32 Å². The normalized spacial score (nSPS) is 18.8. The Labute approximate surface area is 208 Å². The average Bonchev–Trinajstić information content (AvgIpc) is 2.94. The molecule has 4 aromatic carbocycles. The van der Waals surface area contributed by atoms with Crippen LogP contribution >= 0.6 is 0 Å². The van der Waals surface area contributed by atoms with Crippen LogP contribution in [0.25, 0.3) is 11.1 Å². The van der Waals surface area contributed by atoms with Gasteiger partial charge in [0.05, 0.1) is 4.90 Å². The number of hydrogen-bond donors (Lipinski definition) is 1. The Hall–Kier alpha value is -3.41. The van der Waals surface area contributed by atoms with E-state index < -0.39 is 10.0 Å². The van der Waals surface area contributed by atoms with Crippen molar-refractivity contribution in [3.63, 3.8) is 0 Å². The van der Waals surface area contributed by atoms with Gasteiger partial charge in [0, 0.05) is 31.7 Å². The molecule has 0 radical (unpaired) electrons. The van der Waals surface area contributed by atoms with Crippen molar-refractivity contribution in [2.75, 3.05) is 25.5 Å². The van der Waals surface area contributed by atoms with Crippen LogP contribution in [0.5, 0.6) is 0 Å². The van der Waals surface area contributed by atoms with Gasteiger partial charge in [0.25, 0.3) is 0 Å². The molecular formula is C30H30N2O2S. The van der Waals surface area contributed by atoms with Crippen LogP contribution in [0.2, 0.25) is 0 Å². The maximum atomic E-state index is 13.5. The number of hydrogen-bond acceptors (Lipinski definition) is 3. The number of nitrogens with zero attached hydrogens (tertiary/aromatic N) is 1.